The number of carbonyl (C=O) groups is 1. The first-order valence-corrected chi connectivity index (χ1v) is 2.45. The van der Waals surface area contributed by atoms with Gasteiger partial charge in [0.1, 0.15) is 0 Å². The second-order valence-electron chi connectivity index (χ2n) is 1.67. The molecule has 1 unspecified atom stereocenters. The van der Waals surface area contributed by atoms with Crippen LogP contribution in [-0.4, -0.2) is 11.8 Å². The first kappa shape index (κ1) is 8.59. The predicted molar refractivity (Wildman–Crippen MR) is 41.6 cm³/mol. The van der Waals surface area contributed by atoms with Crippen molar-refractivity contribution in [2.24, 2.45) is 5.73 Å². The van der Waals surface area contributed by atoms with Crippen molar-refractivity contribution in [2.75, 3.05) is 0 Å². The Kier molecular flexibility index (Phi) is 3.42. The van der Waals surface area contributed by atoms with Crippen LogP contribution in [0.4, 0.5) is 0 Å². The van der Waals surface area contributed by atoms with Gasteiger partial charge < -0.3 is 5.73 Å². The van der Waals surface area contributed by atoms with E-state index in [0.717, 1.165) is 0 Å². The molecule has 0 aliphatic heterocycles. The van der Waals surface area contributed by atoms with Gasteiger partial charge in [-0.15, -0.1) is 17.0 Å². The lowest BCUT2D eigenvalue weighted by Gasteiger charge is -2.01. The summed E-state index contributed by atoms with van der Waals surface area (Å²) in [5.41, 5.74) is 5.29. The Morgan fingerprint density at radius 3 is 2.44 bits per heavy atom. The average Bonchev–Trinajstić information content (AvgIpc) is 1.77. The van der Waals surface area contributed by atoms with Gasteiger partial charge in [-0.2, -0.15) is 0 Å². The van der Waals surface area contributed by atoms with Crippen molar-refractivity contribution >= 4 is 22.8 Å². The predicted octanol–water partition coefficient (Wildman–Crippen LogP) is 0.587. The van der Waals surface area contributed by atoms with Gasteiger partial charge in [-0.1, -0.05) is 18.2 Å². The quantitative estimate of drug-likeness (QED) is 0.607. The van der Waals surface area contributed by atoms with Crippen LogP contribution in [0.3, 0.4) is 0 Å². The van der Waals surface area contributed by atoms with Crippen LogP contribution in [0.2, 0.25) is 0 Å². The highest BCUT2D eigenvalue weighted by atomic mass is 79.9. The number of allylic oxidation sites excluding steroid dienone is 2. The molecular weight excluding hydrogens is 182 g/mol. The fraction of sp³-hybridized carbons (Fsp3) is 0.167. The standard InChI is InChI=1S/C6H7NO.BrH/c7-5-3-1-2-4-6(5)8;/h1-5H,7H2;1H. The molecule has 50 valence electrons. The van der Waals surface area contributed by atoms with Crippen molar-refractivity contribution in [3.8, 4) is 0 Å². The molecule has 0 amide bonds. The number of carbonyl (C=O) groups excluding carboxylic acids is 1. The van der Waals surface area contributed by atoms with Crippen LogP contribution < -0.4 is 5.73 Å². The third-order valence-corrected chi connectivity index (χ3v) is 1.02. The summed E-state index contributed by atoms with van der Waals surface area (Å²) >= 11 is 0. The maximum Gasteiger partial charge on any atom is 0.176 e. The third kappa shape index (κ3) is 2.11. The summed E-state index contributed by atoms with van der Waals surface area (Å²) in [7, 11) is 0. The smallest absolute Gasteiger partial charge is 0.176 e. The third-order valence-electron chi connectivity index (χ3n) is 1.02. The Bertz CT molecular complexity index is 162. The molecule has 1 atom stereocenters. The van der Waals surface area contributed by atoms with E-state index in [1.807, 2.05) is 0 Å². The molecular formula is C6H8BrNO. The zero-order valence-electron chi connectivity index (χ0n) is 4.78. The van der Waals surface area contributed by atoms with Crippen molar-refractivity contribution in [1.29, 1.82) is 0 Å². The highest BCUT2D eigenvalue weighted by molar-refractivity contribution is 8.93. The molecule has 3 heteroatoms. The normalized spacial score (nSPS) is 23.7. The lowest BCUT2D eigenvalue weighted by Crippen LogP contribution is -2.27. The van der Waals surface area contributed by atoms with Crippen LogP contribution in [0.1, 0.15) is 0 Å². The number of ketones is 1. The van der Waals surface area contributed by atoms with Crippen molar-refractivity contribution < 1.29 is 4.79 Å². The fourth-order valence-electron chi connectivity index (χ4n) is 0.540. The van der Waals surface area contributed by atoms with Crippen molar-refractivity contribution in [3.05, 3.63) is 24.3 Å². The SMILES string of the molecule is Br.NC1C=CC=CC1=O. The number of nitrogens with two attached hydrogens (primary N) is 1. The van der Waals surface area contributed by atoms with Crippen LogP contribution in [0.25, 0.3) is 0 Å². The van der Waals surface area contributed by atoms with Gasteiger partial charge in [0.05, 0.1) is 6.04 Å². The molecule has 9 heavy (non-hydrogen) atoms. The van der Waals surface area contributed by atoms with E-state index in [9.17, 15) is 4.79 Å². The molecule has 0 fully saturated rings. The van der Waals surface area contributed by atoms with E-state index in [2.05, 4.69) is 0 Å². The molecule has 0 heterocycles. The summed E-state index contributed by atoms with van der Waals surface area (Å²) in [5.74, 6) is -0.0208. The monoisotopic (exact) mass is 189 g/mol. The summed E-state index contributed by atoms with van der Waals surface area (Å²) in [6.07, 6.45) is 6.60. The van der Waals surface area contributed by atoms with Crippen molar-refractivity contribution in [2.45, 2.75) is 6.04 Å². The minimum Gasteiger partial charge on any atom is -0.318 e. The van der Waals surface area contributed by atoms with Crippen LogP contribution >= 0.6 is 17.0 Å². The van der Waals surface area contributed by atoms with Gasteiger partial charge in [0, 0.05) is 0 Å². The second-order valence-corrected chi connectivity index (χ2v) is 1.67. The van der Waals surface area contributed by atoms with Gasteiger partial charge in [0.25, 0.3) is 0 Å². The first-order chi connectivity index (χ1) is 3.80. The average molecular weight is 190 g/mol. The van der Waals surface area contributed by atoms with Crippen LogP contribution in [-0.2, 0) is 4.79 Å². The van der Waals surface area contributed by atoms with E-state index in [-0.39, 0.29) is 22.8 Å². The molecule has 1 rings (SSSR count). The van der Waals surface area contributed by atoms with Gasteiger partial charge in [-0.3, -0.25) is 4.79 Å². The summed E-state index contributed by atoms with van der Waals surface area (Å²) < 4.78 is 0. The molecule has 1 aliphatic rings. The number of hydrogen-bond acceptors (Lipinski definition) is 2. The lowest BCUT2D eigenvalue weighted by molar-refractivity contribution is -0.114. The minimum absolute atomic E-state index is 0. The van der Waals surface area contributed by atoms with E-state index in [1.165, 1.54) is 6.08 Å². The summed E-state index contributed by atoms with van der Waals surface area (Å²) in [6.45, 7) is 0. The highest BCUT2D eigenvalue weighted by Gasteiger charge is 2.06. The highest BCUT2D eigenvalue weighted by Crippen LogP contribution is 1.94. The number of rotatable bonds is 0. The van der Waals surface area contributed by atoms with Gasteiger partial charge in [-0.05, 0) is 6.08 Å². The molecule has 0 aromatic heterocycles. The molecule has 0 bridgehead atoms. The van der Waals surface area contributed by atoms with Crippen LogP contribution in [0.15, 0.2) is 24.3 Å². The first-order valence-electron chi connectivity index (χ1n) is 2.45. The molecule has 0 saturated carbocycles. The lowest BCUT2D eigenvalue weighted by atomic mass is 10.1. The van der Waals surface area contributed by atoms with Crippen LogP contribution in [0.5, 0.6) is 0 Å². The fourth-order valence-corrected chi connectivity index (χ4v) is 0.540. The van der Waals surface area contributed by atoms with Crippen molar-refractivity contribution in [3.63, 3.8) is 0 Å². The zero-order valence-corrected chi connectivity index (χ0v) is 6.49. The maximum atomic E-state index is 10.5. The van der Waals surface area contributed by atoms with E-state index >= 15 is 0 Å². The van der Waals surface area contributed by atoms with Gasteiger partial charge in [0.2, 0.25) is 0 Å². The van der Waals surface area contributed by atoms with Gasteiger partial charge in [-0.25, -0.2) is 0 Å². The minimum atomic E-state index is -0.403. The van der Waals surface area contributed by atoms with Crippen LogP contribution in [0, 0.1) is 0 Å². The zero-order chi connectivity index (χ0) is 5.98. The molecule has 0 radical (unpaired) electrons. The number of halogens is 1. The Morgan fingerprint density at radius 1 is 1.44 bits per heavy atom. The van der Waals surface area contributed by atoms with Crippen molar-refractivity contribution in [1.82, 2.24) is 0 Å². The molecule has 1 aliphatic carbocycles. The molecule has 2 nitrogen and oxygen atoms in total. The molecule has 2 N–H and O–H groups in total. The molecule has 0 spiro atoms. The van der Waals surface area contributed by atoms with E-state index in [0.29, 0.717) is 0 Å². The van der Waals surface area contributed by atoms with Gasteiger partial charge >= 0.3 is 0 Å². The Morgan fingerprint density at radius 2 is 2.11 bits per heavy atom. The maximum absolute atomic E-state index is 10.5. The Balaban J connectivity index is 0.000000640. The summed E-state index contributed by atoms with van der Waals surface area (Å²) in [6, 6.07) is -0.403. The molecule has 0 aromatic rings. The summed E-state index contributed by atoms with van der Waals surface area (Å²) in [5, 5.41) is 0. The molecule has 0 aromatic carbocycles. The van der Waals surface area contributed by atoms with Gasteiger partial charge in [0.15, 0.2) is 5.78 Å². The largest absolute Gasteiger partial charge is 0.318 e. The molecule has 0 saturated heterocycles. The summed E-state index contributed by atoms with van der Waals surface area (Å²) in [4.78, 5) is 10.5. The Labute approximate surface area is 64.2 Å². The van der Waals surface area contributed by atoms with E-state index in [4.69, 9.17) is 5.73 Å². The topological polar surface area (TPSA) is 43.1 Å². The van der Waals surface area contributed by atoms with E-state index in [1.54, 1.807) is 18.2 Å². The number of hydrogen-bond donors (Lipinski definition) is 1. The van der Waals surface area contributed by atoms with E-state index < -0.39 is 6.04 Å². The Hall–Kier alpha value is -0.410. The second kappa shape index (κ2) is 3.58.